The second kappa shape index (κ2) is 3.86. The van der Waals surface area contributed by atoms with Crippen LogP contribution in [0.4, 0.5) is 5.95 Å². The van der Waals surface area contributed by atoms with Gasteiger partial charge in [0.05, 0.1) is 17.3 Å². The summed E-state index contributed by atoms with van der Waals surface area (Å²) in [6, 6.07) is 9.40. The Morgan fingerprint density at radius 1 is 1.28 bits per heavy atom. The fourth-order valence-corrected chi connectivity index (χ4v) is 1.93. The number of fused-ring (bicyclic) bond motifs is 1. The molecule has 3 aromatic rings. The zero-order chi connectivity index (χ0) is 12.5. The molecule has 0 aliphatic rings. The molecule has 86 valence electrons. The van der Waals surface area contributed by atoms with Crippen LogP contribution in [0.3, 0.4) is 0 Å². The van der Waals surface area contributed by atoms with Gasteiger partial charge in [0, 0.05) is 28.9 Å². The molecular weight excluding hydrogens is 226 g/mol. The van der Waals surface area contributed by atoms with Crippen LogP contribution in [0.2, 0.25) is 0 Å². The molecule has 0 atom stereocenters. The van der Waals surface area contributed by atoms with Crippen LogP contribution in [0.15, 0.2) is 36.7 Å². The van der Waals surface area contributed by atoms with Gasteiger partial charge in [0.15, 0.2) is 0 Å². The van der Waals surface area contributed by atoms with Gasteiger partial charge in [-0.05, 0) is 24.3 Å². The molecule has 2 heterocycles. The van der Waals surface area contributed by atoms with E-state index in [1.807, 2.05) is 18.3 Å². The molecule has 0 fully saturated rings. The van der Waals surface area contributed by atoms with E-state index in [-0.39, 0.29) is 5.95 Å². The van der Waals surface area contributed by atoms with Crippen molar-refractivity contribution in [2.45, 2.75) is 0 Å². The van der Waals surface area contributed by atoms with Gasteiger partial charge in [-0.15, -0.1) is 0 Å². The molecule has 3 N–H and O–H groups in total. The number of nitrogens with zero attached hydrogens (tertiary/aromatic N) is 3. The third-order valence-electron chi connectivity index (χ3n) is 2.76. The van der Waals surface area contributed by atoms with Crippen molar-refractivity contribution in [3.63, 3.8) is 0 Å². The minimum atomic E-state index is 0.235. The summed E-state index contributed by atoms with van der Waals surface area (Å²) in [7, 11) is 0. The quantitative estimate of drug-likeness (QED) is 0.675. The van der Waals surface area contributed by atoms with Crippen molar-refractivity contribution in [1.29, 1.82) is 5.26 Å². The molecule has 0 bridgehead atoms. The molecule has 0 unspecified atom stereocenters. The van der Waals surface area contributed by atoms with Crippen molar-refractivity contribution >= 4 is 16.9 Å². The molecule has 0 amide bonds. The highest BCUT2D eigenvalue weighted by atomic mass is 15.0. The van der Waals surface area contributed by atoms with Crippen molar-refractivity contribution in [3.8, 4) is 17.3 Å². The summed E-state index contributed by atoms with van der Waals surface area (Å²) in [5.74, 6) is 0.235. The summed E-state index contributed by atoms with van der Waals surface area (Å²) in [5.41, 5.74) is 8.81. The van der Waals surface area contributed by atoms with E-state index in [0.717, 1.165) is 22.2 Å². The second-order valence-electron chi connectivity index (χ2n) is 3.87. The lowest BCUT2D eigenvalue weighted by atomic mass is 10.1. The van der Waals surface area contributed by atoms with Gasteiger partial charge in [0.1, 0.15) is 0 Å². The summed E-state index contributed by atoms with van der Waals surface area (Å²) in [6.45, 7) is 0. The predicted molar refractivity (Wildman–Crippen MR) is 68.5 cm³/mol. The first kappa shape index (κ1) is 10.3. The molecule has 18 heavy (non-hydrogen) atoms. The molecule has 0 saturated heterocycles. The number of rotatable bonds is 1. The normalized spacial score (nSPS) is 10.4. The maximum Gasteiger partial charge on any atom is 0.220 e. The minimum absolute atomic E-state index is 0.235. The number of hydrogen-bond acceptors (Lipinski definition) is 4. The lowest BCUT2D eigenvalue weighted by molar-refractivity contribution is 1.19. The van der Waals surface area contributed by atoms with Gasteiger partial charge in [-0.1, -0.05) is 0 Å². The van der Waals surface area contributed by atoms with Crippen LogP contribution >= 0.6 is 0 Å². The van der Waals surface area contributed by atoms with Gasteiger partial charge < -0.3 is 10.7 Å². The molecular formula is C13H9N5. The van der Waals surface area contributed by atoms with Crippen LogP contribution in [0.1, 0.15) is 5.56 Å². The molecule has 5 heteroatoms. The molecule has 0 aliphatic carbocycles. The monoisotopic (exact) mass is 235 g/mol. The Morgan fingerprint density at radius 2 is 2.17 bits per heavy atom. The molecule has 0 saturated carbocycles. The number of anilines is 1. The topological polar surface area (TPSA) is 91.4 Å². The first-order valence-electron chi connectivity index (χ1n) is 5.38. The Balaban J connectivity index is 2.27. The Bertz CT molecular complexity index is 766. The number of nitrogen functional groups attached to an aromatic ring is 1. The largest absolute Gasteiger partial charge is 0.368 e. The first-order chi connectivity index (χ1) is 8.78. The maximum absolute atomic E-state index is 8.93. The number of nitrogens with two attached hydrogens (primary N) is 1. The van der Waals surface area contributed by atoms with Crippen molar-refractivity contribution in [1.82, 2.24) is 15.0 Å². The number of hydrogen-bond donors (Lipinski definition) is 2. The third kappa shape index (κ3) is 1.57. The molecule has 5 nitrogen and oxygen atoms in total. The van der Waals surface area contributed by atoms with Gasteiger partial charge in [-0.3, -0.25) is 0 Å². The van der Waals surface area contributed by atoms with Crippen molar-refractivity contribution in [2.75, 3.05) is 5.73 Å². The fraction of sp³-hybridized carbons (Fsp3) is 0. The lowest BCUT2D eigenvalue weighted by Crippen LogP contribution is -1.94. The molecule has 0 radical (unpaired) electrons. The Kier molecular flexibility index (Phi) is 2.21. The van der Waals surface area contributed by atoms with Gasteiger partial charge in [0.25, 0.3) is 0 Å². The average Bonchev–Trinajstić information content (AvgIpc) is 2.81. The van der Waals surface area contributed by atoms with Crippen molar-refractivity contribution < 1.29 is 0 Å². The van der Waals surface area contributed by atoms with E-state index in [1.54, 1.807) is 18.3 Å². The number of H-pyrrole nitrogens is 1. The standard InChI is InChI=1S/C13H9N5/c14-6-8-1-2-11-9(5-8)10(7-17-11)12-3-4-16-13(15)18-12/h1-5,7,17H,(H2,15,16,18). The number of aromatic nitrogens is 3. The molecule has 0 spiro atoms. The highest BCUT2D eigenvalue weighted by molar-refractivity contribution is 5.95. The predicted octanol–water partition coefficient (Wildman–Crippen LogP) is 2.08. The number of aromatic amines is 1. The smallest absolute Gasteiger partial charge is 0.220 e. The fourth-order valence-electron chi connectivity index (χ4n) is 1.93. The zero-order valence-electron chi connectivity index (χ0n) is 9.38. The van der Waals surface area contributed by atoms with Gasteiger partial charge in [-0.25, -0.2) is 9.97 Å². The average molecular weight is 235 g/mol. The Labute approximate surface area is 103 Å². The van der Waals surface area contributed by atoms with E-state index in [4.69, 9.17) is 11.0 Å². The number of nitrogens with one attached hydrogen (secondary N) is 1. The summed E-state index contributed by atoms with van der Waals surface area (Å²) >= 11 is 0. The van der Waals surface area contributed by atoms with E-state index in [9.17, 15) is 0 Å². The summed E-state index contributed by atoms with van der Waals surface area (Å²) < 4.78 is 0. The van der Waals surface area contributed by atoms with Crippen LogP contribution in [0.25, 0.3) is 22.2 Å². The first-order valence-corrected chi connectivity index (χ1v) is 5.38. The second-order valence-corrected chi connectivity index (χ2v) is 3.87. The van der Waals surface area contributed by atoms with Crippen LogP contribution in [-0.2, 0) is 0 Å². The highest BCUT2D eigenvalue weighted by Crippen LogP contribution is 2.27. The molecule has 1 aromatic carbocycles. The van der Waals surface area contributed by atoms with E-state index in [1.165, 1.54) is 0 Å². The zero-order valence-corrected chi connectivity index (χ0v) is 9.38. The lowest BCUT2D eigenvalue weighted by Gasteiger charge is -1.99. The van der Waals surface area contributed by atoms with Crippen LogP contribution in [-0.4, -0.2) is 15.0 Å². The Morgan fingerprint density at radius 3 is 2.94 bits per heavy atom. The SMILES string of the molecule is N#Cc1ccc2[nH]cc(-c3ccnc(N)n3)c2c1. The van der Waals surface area contributed by atoms with E-state index in [2.05, 4.69) is 21.0 Å². The maximum atomic E-state index is 8.93. The van der Waals surface area contributed by atoms with Crippen LogP contribution in [0.5, 0.6) is 0 Å². The van der Waals surface area contributed by atoms with Crippen molar-refractivity contribution in [3.05, 3.63) is 42.2 Å². The summed E-state index contributed by atoms with van der Waals surface area (Å²) in [4.78, 5) is 11.2. The minimum Gasteiger partial charge on any atom is -0.368 e. The van der Waals surface area contributed by atoms with E-state index in [0.29, 0.717) is 5.56 Å². The van der Waals surface area contributed by atoms with E-state index >= 15 is 0 Å². The molecule has 3 rings (SSSR count). The van der Waals surface area contributed by atoms with E-state index < -0.39 is 0 Å². The number of benzene rings is 1. The van der Waals surface area contributed by atoms with Crippen molar-refractivity contribution in [2.24, 2.45) is 0 Å². The Hall–Kier alpha value is -2.87. The van der Waals surface area contributed by atoms with Gasteiger partial charge >= 0.3 is 0 Å². The number of nitriles is 1. The van der Waals surface area contributed by atoms with Crippen LogP contribution < -0.4 is 5.73 Å². The van der Waals surface area contributed by atoms with Crippen LogP contribution in [0, 0.1) is 11.3 Å². The summed E-state index contributed by atoms with van der Waals surface area (Å²) in [6.07, 6.45) is 3.47. The van der Waals surface area contributed by atoms with Gasteiger partial charge in [0.2, 0.25) is 5.95 Å². The highest BCUT2D eigenvalue weighted by Gasteiger charge is 2.08. The van der Waals surface area contributed by atoms with Gasteiger partial charge in [-0.2, -0.15) is 5.26 Å². The third-order valence-corrected chi connectivity index (χ3v) is 2.76. The summed E-state index contributed by atoms with van der Waals surface area (Å²) in [5, 5.41) is 9.89. The molecule has 2 aromatic heterocycles. The molecule has 0 aliphatic heterocycles.